The highest BCUT2D eigenvalue weighted by molar-refractivity contribution is 5.83. The van der Waals surface area contributed by atoms with Crippen LogP contribution in [0.5, 0.6) is 5.75 Å². The number of carbonyl (C=O) groups excluding carboxylic acids is 1. The fourth-order valence-corrected chi connectivity index (χ4v) is 4.44. The number of rotatable bonds is 9. The van der Waals surface area contributed by atoms with Gasteiger partial charge in [0.05, 0.1) is 19.8 Å². The maximum absolute atomic E-state index is 13.0. The highest BCUT2D eigenvalue weighted by Gasteiger charge is 2.46. The molecule has 1 saturated heterocycles. The SMILES string of the molecule is C=CCOC(CN1CCN(C(=O)C2C[C@H]2c2ccccc2)CC1)c1cccc(OC)c1. The molecule has 5 nitrogen and oxygen atoms in total. The number of piperazine rings is 1. The normalized spacial score (nSPS) is 22.0. The van der Waals surface area contributed by atoms with Crippen molar-refractivity contribution in [1.29, 1.82) is 0 Å². The molecule has 31 heavy (non-hydrogen) atoms. The van der Waals surface area contributed by atoms with Crippen molar-refractivity contribution in [1.82, 2.24) is 9.80 Å². The number of amides is 1. The van der Waals surface area contributed by atoms with E-state index in [9.17, 15) is 4.79 Å². The molecule has 2 aromatic rings. The first-order chi connectivity index (χ1) is 15.2. The van der Waals surface area contributed by atoms with E-state index < -0.39 is 0 Å². The summed E-state index contributed by atoms with van der Waals surface area (Å²) in [7, 11) is 1.68. The molecule has 1 heterocycles. The predicted octanol–water partition coefficient (Wildman–Crippen LogP) is 3.89. The molecule has 0 N–H and O–H groups in total. The first-order valence-electron chi connectivity index (χ1n) is 11.1. The molecule has 2 unspecified atom stereocenters. The van der Waals surface area contributed by atoms with Crippen LogP contribution in [-0.2, 0) is 9.53 Å². The van der Waals surface area contributed by atoms with Crippen LogP contribution in [0.15, 0.2) is 67.3 Å². The van der Waals surface area contributed by atoms with Crippen LogP contribution in [-0.4, -0.2) is 62.1 Å². The Hall–Kier alpha value is -2.63. The van der Waals surface area contributed by atoms with E-state index in [1.54, 1.807) is 13.2 Å². The van der Waals surface area contributed by atoms with Crippen LogP contribution in [0.3, 0.4) is 0 Å². The highest BCUT2D eigenvalue weighted by atomic mass is 16.5. The van der Waals surface area contributed by atoms with Crippen molar-refractivity contribution < 1.29 is 14.3 Å². The monoisotopic (exact) mass is 420 g/mol. The van der Waals surface area contributed by atoms with Crippen molar-refractivity contribution in [2.24, 2.45) is 5.92 Å². The summed E-state index contributed by atoms with van der Waals surface area (Å²) in [5, 5.41) is 0. The Labute approximate surface area is 185 Å². The molecule has 1 saturated carbocycles. The molecule has 2 aliphatic rings. The Kier molecular flexibility index (Phi) is 7.05. The van der Waals surface area contributed by atoms with Gasteiger partial charge in [0, 0.05) is 38.6 Å². The molecule has 0 aromatic heterocycles. The van der Waals surface area contributed by atoms with E-state index in [1.807, 2.05) is 24.3 Å². The summed E-state index contributed by atoms with van der Waals surface area (Å²) >= 11 is 0. The van der Waals surface area contributed by atoms with Crippen molar-refractivity contribution >= 4 is 5.91 Å². The Morgan fingerprint density at radius 3 is 2.61 bits per heavy atom. The molecule has 1 aliphatic carbocycles. The van der Waals surface area contributed by atoms with Gasteiger partial charge in [-0.05, 0) is 35.6 Å². The maximum Gasteiger partial charge on any atom is 0.226 e. The summed E-state index contributed by atoms with van der Waals surface area (Å²) in [6, 6.07) is 18.5. The summed E-state index contributed by atoms with van der Waals surface area (Å²) in [5.41, 5.74) is 2.39. The summed E-state index contributed by atoms with van der Waals surface area (Å²) in [4.78, 5) is 17.4. The van der Waals surface area contributed by atoms with Gasteiger partial charge >= 0.3 is 0 Å². The molecular weight excluding hydrogens is 388 g/mol. The Morgan fingerprint density at radius 1 is 1.13 bits per heavy atom. The molecular formula is C26H32N2O3. The zero-order valence-electron chi connectivity index (χ0n) is 18.3. The lowest BCUT2D eigenvalue weighted by Crippen LogP contribution is -2.50. The molecule has 5 heteroatoms. The first kappa shape index (κ1) is 21.6. The van der Waals surface area contributed by atoms with Gasteiger partial charge in [-0.25, -0.2) is 0 Å². The molecule has 1 amide bonds. The van der Waals surface area contributed by atoms with Crippen LogP contribution >= 0.6 is 0 Å². The minimum absolute atomic E-state index is 0.0544. The van der Waals surface area contributed by atoms with E-state index in [0.29, 0.717) is 18.4 Å². The van der Waals surface area contributed by atoms with Gasteiger partial charge in [0.2, 0.25) is 5.91 Å². The summed E-state index contributed by atoms with van der Waals surface area (Å²) in [6.07, 6.45) is 2.71. The van der Waals surface area contributed by atoms with Crippen molar-refractivity contribution in [2.45, 2.75) is 18.4 Å². The first-order valence-corrected chi connectivity index (χ1v) is 11.1. The fraction of sp³-hybridized carbons (Fsp3) is 0.423. The molecule has 3 atom stereocenters. The van der Waals surface area contributed by atoms with E-state index >= 15 is 0 Å². The van der Waals surface area contributed by atoms with Gasteiger partial charge in [-0.15, -0.1) is 6.58 Å². The van der Waals surface area contributed by atoms with E-state index in [2.05, 4.69) is 46.7 Å². The van der Waals surface area contributed by atoms with Gasteiger partial charge < -0.3 is 14.4 Å². The van der Waals surface area contributed by atoms with Gasteiger partial charge in [-0.2, -0.15) is 0 Å². The van der Waals surface area contributed by atoms with Gasteiger partial charge in [0.1, 0.15) is 5.75 Å². The number of methoxy groups -OCH3 is 1. The second kappa shape index (κ2) is 10.1. The van der Waals surface area contributed by atoms with Gasteiger partial charge in [0.15, 0.2) is 0 Å². The second-order valence-corrected chi connectivity index (χ2v) is 8.37. The Bertz CT molecular complexity index is 877. The van der Waals surface area contributed by atoms with E-state index in [0.717, 1.165) is 50.5 Å². The summed E-state index contributed by atoms with van der Waals surface area (Å²) < 4.78 is 11.4. The number of hydrogen-bond donors (Lipinski definition) is 0. The predicted molar refractivity (Wildman–Crippen MR) is 122 cm³/mol. The zero-order valence-corrected chi connectivity index (χ0v) is 18.3. The van der Waals surface area contributed by atoms with Crippen molar-refractivity contribution in [2.75, 3.05) is 46.4 Å². The molecule has 4 rings (SSSR count). The maximum atomic E-state index is 13.0. The average molecular weight is 421 g/mol. The minimum Gasteiger partial charge on any atom is -0.497 e. The van der Waals surface area contributed by atoms with Crippen molar-refractivity contribution in [3.8, 4) is 5.75 Å². The highest BCUT2D eigenvalue weighted by Crippen LogP contribution is 2.48. The number of nitrogens with zero attached hydrogens (tertiary/aromatic N) is 2. The molecule has 2 aromatic carbocycles. The number of carbonyl (C=O) groups is 1. The number of hydrogen-bond acceptors (Lipinski definition) is 4. The molecule has 2 fully saturated rings. The van der Waals surface area contributed by atoms with Crippen LogP contribution < -0.4 is 4.74 Å². The Balaban J connectivity index is 1.31. The molecule has 0 bridgehead atoms. The Morgan fingerprint density at radius 2 is 1.90 bits per heavy atom. The topological polar surface area (TPSA) is 42.0 Å². The third kappa shape index (κ3) is 5.35. The third-order valence-electron chi connectivity index (χ3n) is 6.32. The van der Waals surface area contributed by atoms with Crippen molar-refractivity contribution in [3.63, 3.8) is 0 Å². The fourth-order valence-electron chi connectivity index (χ4n) is 4.44. The lowest BCUT2D eigenvalue weighted by atomic mass is 10.1. The summed E-state index contributed by atoms with van der Waals surface area (Å²) in [6.45, 7) is 8.37. The zero-order chi connectivity index (χ0) is 21.6. The summed E-state index contributed by atoms with van der Waals surface area (Å²) in [5.74, 6) is 1.71. The average Bonchev–Trinajstić information content (AvgIpc) is 3.63. The quantitative estimate of drug-likeness (QED) is 0.578. The lowest BCUT2D eigenvalue weighted by Gasteiger charge is -2.36. The number of benzene rings is 2. The van der Waals surface area contributed by atoms with Gasteiger partial charge in [-0.1, -0.05) is 48.5 Å². The lowest BCUT2D eigenvalue weighted by molar-refractivity contribution is -0.134. The van der Waals surface area contributed by atoms with Crippen molar-refractivity contribution in [3.05, 3.63) is 78.4 Å². The van der Waals surface area contributed by atoms with E-state index in [4.69, 9.17) is 9.47 Å². The van der Waals surface area contributed by atoms with Crippen LogP contribution in [0.1, 0.15) is 29.6 Å². The molecule has 1 aliphatic heterocycles. The molecule has 0 spiro atoms. The number of ether oxygens (including phenoxy) is 2. The standard InChI is InChI=1S/C26H32N2O3/c1-3-16-31-25(21-10-7-11-22(17-21)30-2)19-27-12-14-28(15-13-27)26(29)24-18-23(24)20-8-5-4-6-9-20/h3-11,17,23-25H,1,12-16,18-19H2,2H3/t23-,24?,25?/m0/s1. The van der Waals surface area contributed by atoms with Crippen LogP contribution in [0, 0.1) is 5.92 Å². The van der Waals surface area contributed by atoms with Crippen LogP contribution in [0.25, 0.3) is 0 Å². The minimum atomic E-state index is -0.0544. The largest absolute Gasteiger partial charge is 0.497 e. The smallest absolute Gasteiger partial charge is 0.226 e. The molecule has 0 radical (unpaired) electrons. The van der Waals surface area contributed by atoms with E-state index in [-0.39, 0.29) is 12.0 Å². The third-order valence-corrected chi connectivity index (χ3v) is 6.32. The van der Waals surface area contributed by atoms with Crippen LogP contribution in [0.2, 0.25) is 0 Å². The molecule has 164 valence electrons. The van der Waals surface area contributed by atoms with E-state index in [1.165, 1.54) is 5.56 Å². The second-order valence-electron chi connectivity index (χ2n) is 8.37. The van der Waals surface area contributed by atoms with Crippen LogP contribution in [0.4, 0.5) is 0 Å². The van der Waals surface area contributed by atoms with Gasteiger partial charge in [0.25, 0.3) is 0 Å². The van der Waals surface area contributed by atoms with Gasteiger partial charge in [-0.3, -0.25) is 9.69 Å².